The predicted molar refractivity (Wildman–Crippen MR) is 97.2 cm³/mol. The molecule has 2 aromatic rings. The summed E-state index contributed by atoms with van der Waals surface area (Å²) in [6, 6.07) is 6.16. The number of amides is 1. The molecule has 0 radical (unpaired) electrons. The molecule has 3 N–H and O–H groups in total. The van der Waals surface area contributed by atoms with E-state index in [4.69, 9.17) is 0 Å². The Balaban J connectivity index is 0.00000169. The van der Waals surface area contributed by atoms with E-state index in [9.17, 15) is 4.79 Å². The van der Waals surface area contributed by atoms with Gasteiger partial charge in [-0.15, -0.1) is 12.4 Å². The molecule has 0 spiro atoms. The summed E-state index contributed by atoms with van der Waals surface area (Å²) in [6.07, 6.45) is 4.60. The van der Waals surface area contributed by atoms with E-state index in [2.05, 4.69) is 39.7 Å². The summed E-state index contributed by atoms with van der Waals surface area (Å²) in [4.78, 5) is 20.7. The van der Waals surface area contributed by atoms with Gasteiger partial charge in [0.15, 0.2) is 0 Å². The van der Waals surface area contributed by atoms with E-state index in [1.54, 1.807) is 0 Å². The van der Waals surface area contributed by atoms with Crippen molar-refractivity contribution < 1.29 is 4.79 Å². The predicted octanol–water partition coefficient (Wildman–Crippen LogP) is 2.69. The fraction of sp³-hybridized carbons (Fsp3) is 0.556. The molecule has 0 bridgehead atoms. The van der Waals surface area contributed by atoms with Crippen LogP contribution in [0.5, 0.6) is 0 Å². The highest BCUT2D eigenvalue weighted by Crippen LogP contribution is 2.43. The first-order valence-electron chi connectivity index (χ1n) is 8.62. The topological polar surface area (TPSA) is 69.8 Å². The average molecular weight is 349 g/mol. The number of aromatic nitrogens is 2. The van der Waals surface area contributed by atoms with Crippen molar-refractivity contribution in [1.29, 1.82) is 0 Å². The average Bonchev–Trinajstić information content (AvgIpc) is 3.16. The van der Waals surface area contributed by atoms with Crippen LogP contribution in [0.15, 0.2) is 18.2 Å². The minimum absolute atomic E-state index is 0. The number of nitrogens with one attached hydrogen (secondary N) is 3. The van der Waals surface area contributed by atoms with E-state index in [0.29, 0.717) is 12.5 Å². The van der Waals surface area contributed by atoms with E-state index in [-0.39, 0.29) is 23.7 Å². The highest BCUT2D eigenvalue weighted by atomic mass is 35.5. The third-order valence-corrected chi connectivity index (χ3v) is 5.59. The van der Waals surface area contributed by atoms with Gasteiger partial charge < -0.3 is 15.6 Å². The lowest BCUT2D eigenvalue weighted by atomic mass is 9.67. The molecule has 1 aromatic heterocycles. The fourth-order valence-electron chi connectivity index (χ4n) is 4.29. The van der Waals surface area contributed by atoms with Gasteiger partial charge in [0.25, 0.3) is 0 Å². The Bertz CT molecular complexity index is 744. The van der Waals surface area contributed by atoms with Gasteiger partial charge in [-0.3, -0.25) is 4.79 Å². The highest BCUT2D eigenvalue weighted by Gasteiger charge is 2.49. The number of carbonyl (C=O) groups excluding carboxylic acids is 1. The number of carbonyl (C=O) groups is 1. The second-order valence-corrected chi connectivity index (χ2v) is 7.12. The quantitative estimate of drug-likeness (QED) is 0.798. The van der Waals surface area contributed by atoms with Crippen LogP contribution in [0.4, 0.5) is 0 Å². The lowest BCUT2D eigenvalue weighted by molar-refractivity contribution is -0.134. The van der Waals surface area contributed by atoms with Gasteiger partial charge in [0.1, 0.15) is 5.82 Å². The van der Waals surface area contributed by atoms with Gasteiger partial charge in [-0.05, 0) is 49.9 Å². The summed E-state index contributed by atoms with van der Waals surface area (Å²) >= 11 is 0. The summed E-state index contributed by atoms with van der Waals surface area (Å²) < 4.78 is 0. The molecule has 1 aliphatic heterocycles. The van der Waals surface area contributed by atoms with E-state index >= 15 is 0 Å². The molecule has 1 saturated carbocycles. The zero-order chi connectivity index (χ0) is 15.9. The van der Waals surface area contributed by atoms with Gasteiger partial charge >= 0.3 is 0 Å². The van der Waals surface area contributed by atoms with Gasteiger partial charge in [0.2, 0.25) is 5.91 Å². The van der Waals surface area contributed by atoms with Crippen LogP contribution in [-0.4, -0.2) is 29.0 Å². The van der Waals surface area contributed by atoms with Crippen molar-refractivity contribution in [3.63, 3.8) is 0 Å². The van der Waals surface area contributed by atoms with Gasteiger partial charge in [0, 0.05) is 6.54 Å². The second-order valence-electron chi connectivity index (χ2n) is 7.12. The molecule has 5 nitrogen and oxygen atoms in total. The van der Waals surface area contributed by atoms with Crippen LogP contribution in [0.3, 0.4) is 0 Å². The van der Waals surface area contributed by atoms with Crippen LogP contribution in [-0.2, 0) is 11.3 Å². The Morgan fingerprint density at radius 1 is 1.42 bits per heavy atom. The zero-order valence-electron chi connectivity index (χ0n) is 14.0. The normalized spacial score (nSPS) is 26.0. The minimum atomic E-state index is -0.194. The first kappa shape index (κ1) is 17.2. The number of imidazole rings is 1. The van der Waals surface area contributed by atoms with Crippen molar-refractivity contribution in [3.8, 4) is 0 Å². The van der Waals surface area contributed by atoms with E-state index in [1.165, 1.54) is 18.4 Å². The molecule has 1 saturated heterocycles. The molecule has 2 aliphatic rings. The van der Waals surface area contributed by atoms with Crippen LogP contribution < -0.4 is 10.6 Å². The number of aryl methyl sites for hydroxylation is 1. The maximum absolute atomic E-state index is 12.9. The maximum atomic E-state index is 12.9. The first-order chi connectivity index (χ1) is 11.2. The second kappa shape index (κ2) is 6.73. The van der Waals surface area contributed by atoms with Crippen LogP contribution in [0.1, 0.15) is 37.1 Å². The van der Waals surface area contributed by atoms with Crippen LogP contribution in [0.2, 0.25) is 0 Å². The van der Waals surface area contributed by atoms with Crippen molar-refractivity contribution in [2.45, 2.75) is 39.2 Å². The smallest absolute Gasteiger partial charge is 0.228 e. The van der Waals surface area contributed by atoms with Crippen molar-refractivity contribution in [3.05, 3.63) is 29.6 Å². The summed E-state index contributed by atoms with van der Waals surface area (Å²) in [5.41, 5.74) is 3.00. The van der Waals surface area contributed by atoms with Gasteiger partial charge in [-0.25, -0.2) is 4.98 Å². The molecule has 6 heteroatoms. The molecule has 4 rings (SSSR count). The molecule has 130 valence electrons. The third kappa shape index (κ3) is 2.91. The van der Waals surface area contributed by atoms with Gasteiger partial charge in [-0.2, -0.15) is 0 Å². The minimum Gasteiger partial charge on any atom is -0.348 e. The number of H-pyrrole nitrogens is 1. The van der Waals surface area contributed by atoms with Crippen molar-refractivity contribution in [1.82, 2.24) is 20.6 Å². The largest absolute Gasteiger partial charge is 0.348 e. The lowest BCUT2D eigenvalue weighted by Gasteiger charge is -2.37. The number of rotatable bonds is 3. The molecule has 2 atom stereocenters. The Hall–Kier alpha value is -1.59. The molecule has 1 amide bonds. The Labute approximate surface area is 148 Å². The fourth-order valence-corrected chi connectivity index (χ4v) is 4.29. The third-order valence-electron chi connectivity index (χ3n) is 5.59. The van der Waals surface area contributed by atoms with Crippen LogP contribution in [0, 0.1) is 18.3 Å². The van der Waals surface area contributed by atoms with Crippen molar-refractivity contribution in [2.24, 2.45) is 11.3 Å². The maximum Gasteiger partial charge on any atom is 0.228 e. The van der Waals surface area contributed by atoms with E-state index in [0.717, 1.165) is 42.8 Å². The van der Waals surface area contributed by atoms with E-state index in [1.807, 2.05) is 6.07 Å². The molecule has 1 aliphatic carbocycles. The molecule has 2 heterocycles. The summed E-state index contributed by atoms with van der Waals surface area (Å²) in [7, 11) is 0. The number of halogens is 1. The summed E-state index contributed by atoms with van der Waals surface area (Å²) in [5.74, 6) is 1.52. The lowest BCUT2D eigenvalue weighted by Crippen LogP contribution is -2.47. The molecule has 0 unspecified atom stereocenters. The Kier molecular flexibility index (Phi) is 4.83. The molecule has 2 fully saturated rings. The van der Waals surface area contributed by atoms with Crippen molar-refractivity contribution >= 4 is 29.3 Å². The zero-order valence-corrected chi connectivity index (χ0v) is 14.8. The van der Waals surface area contributed by atoms with Crippen molar-refractivity contribution in [2.75, 3.05) is 13.1 Å². The highest BCUT2D eigenvalue weighted by molar-refractivity contribution is 5.85. The van der Waals surface area contributed by atoms with Crippen LogP contribution in [0.25, 0.3) is 11.0 Å². The number of hydrogen-bond donors (Lipinski definition) is 3. The number of fused-ring (bicyclic) bond motifs is 2. The molecule has 1 aromatic carbocycles. The van der Waals surface area contributed by atoms with Gasteiger partial charge in [0.05, 0.1) is 23.0 Å². The monoisotopic (exact) mass is 348 g/mol. The molecular formula is C18H25ClN4O. The molecular weight excluding hydrogens is 324 g/mol. The molecule has 24 heavy (non-hydrogen) atoms. The number of benzene rings is 1. The SMILES string of the molecule is Cc1ccc2nc(CNC(=O)[C@@]34CCCC[C@H]3CNC4)[nH]c2c1.Cl. The number of hydrogen-bond acceptors (Lipinski definition) is 3. The number of nitrogens with zero attached hydrogens (tertiary/aromatic N) is 1. The summed E-state index contributed by atoms with van der Waals surface area (Å²) in [6.45, 7) is 4.35. The standard InChI is InChI=1S/C18H24N4O.ClH/c1-12-5-6-14-15(8-12)22-16(21-14)10-20-17(23)18-7-3-2-4-13(18)9-19-11-18;/h5-6,8,13,19H,2-4,7,9-11H2,1H3,(H,20,23)(H,21,22);1H/t13-,18+;/m0./s1. The van der Waals surface area contributed by atoms with Crippen LogP contribution >= 0.6 is 12.4 Å². The van der Waals surface area contributed by atoms with E-state index < -0.39 is 0 Å². The number of aromatic amines is 1. The van der Waals surface area contributed by atoms with Gasteiger partial charge in [-0.1, -0.05) is 18.9 Å². The summed E-state index contributed by atoms with van der Waals surface area (Å²) in [5, 5.41) is 6.56. The first-order valence-corrected chi connectivity index (χ1v) is 8.62. The Morgan fingerprint density at radius 3 is 3.17 bits per heavy atom. The Morgan fingerprint density at radius 2 is 2.29 bits per heavy atom.